The largest absolute Gasteiger partial charge is 0.417 e. The number of nitrogens with one attached hydrogen (secondary N) is 1. The summed E-state index contributed by atoms with van der Waals surface area (Å²) in [7, 11) is 0. The molecule has 2 aromatic carbocycles. The SMILES string of the molecule is Cc1ccc(C(=O)CNc2ccc(Cl)c(C(F)(F)F)c2)cc1F. The van der Waals surface area contributed by atoms with Crippen LogP contribution in [0.2, 0.25) is 5.02 Å². The third-order valence-corrected chi connectivity index (χ3v) is 3.55. The normalized spacial score (nSPS) is 11.4. The summed E-state index contributed by atoms with van der Waals surface area (Å²) in [6.07, 6.45) is -4.58. The Morgan fingerprint density at radius 3 is 2.48 bits per heavy atom. The number of hydrogen-bond donors (Lipinski definition) is 1. The van der Waals surface area contributed by atoms with Gasteiger partial charge in [0.25, 0.3) is 0 Å². The van der Waals surface area contributed by atoms with Crippen molar-refractivity contribution in [2.75, 3.05) is 11.9 Å². The molecule has 2 rings (SSSR count). The first-order valence-electron chi connectivity index (χ1n) is 6.58. The van der Waals surface area contributed by atoms with E-state index in [1.807, 2.05) is 0 Å². The van der Waals surface area contributed by atoms with Gasteiger partial charge in [-0.3, -0.25) is 4.79 Å². The Balaban J connectivity index is 2.11. The third kappa shape index (κ3) is 4.22. The van der Waals surface area contributed by atoms with E-state index in [1.54, 1.807) is 6.92 Å². The maximum Gasteiger partial charge on any atom is 0.417 e. The van der Waals surface area contributed by atoms with Crippen LogP contribution >= 0.6 is 11.6 Å². The van der Waals surface area contributed by atoms with Crippen LogP contribution in [0.25, 0.3) is 0 Å². The Kier molecular flexibility index (Phi) is 4.94. The van der Waals surface area contributed by atoms with Gasteiger partial charge in [0.05, 0.1) is 17.1 Å². The maximum atomic E-state index is 13.4. The van der Waals surface area contributed by atoms with Crippen LogP contribution in [0.1, 0.15) is 21.5 Å². The zero-order valence-electron chi connectivity index (χ0n) is 12.0. The number of carbonyl (C=O) groups excluding carboxylic acids is 1. The minimum absolute atomic E-state index is 0.0997. The summed E-state index contributed by atoms with van der Waals surface area (Å²) < 4.78 is 51.7. The summed E-state index contributed by atoms with van der Waals surface area (Å²) in [5.41, 5.74) is -0.340. The maximum absolute atomic E-state index is 13.4. The van der Waals surface area contributed by atoms with Crippen molar-refractivity contribution in [1.82, 2.24) is 0 Å². The summed E-state index contributed by atoms with van der Waals surface area (Å²) >= 11 is 5.52. The van der Waals surface area contributed by atoms with Crippen molar-refractivity contribution in [3.05, 3.63) is 63.9 Å². The van der Waals surface area contributed by atoms with E-state index in [-0.39, 0.29) is 17.8 Å². The molecule has 122 valence electrons. The Morgan fingerprint density at radius 1 is 1.17 bits per heavy atom. The van der Waals surface area contributed by atoms with E-state index in [4.69, 9.17) is 11.6 Å². The van der Waals surface area contributed by atoms with Gasteiger partial charge in [-0.05, 0) is 36.8 Å². The van der Waals surface area contributed by atoms with Crippen LogP contribution in [-0.2, 0) is 6.18 Å². The molecule has 0 aliphatic rings. The molecule has 0 amide bonds. The number of rotatable bonds is 4. The van der Waals surface area contributed by atoms with E-state index in [0.29, 0.717) is 5.56 Å². The molecule has 0 heterocycles. The number of hydrogen-bond acceptors (Lipinski definition) is 2. The molecular weight excluding hydrogens is 334 g/mol. The molecule has 0 atom stereocenters. The minimum atomic E-state index is -4.58. The van der Waals surface area contributed by atoms with Crippen molar-refractivity contribution < 1.29 is 22.4 Å². The molecule has 7 heteroatoms. The number of alkyl halides is 3. The zero-order chi connectivity index (χ0) is 17.2. The Labute approximate surface area is 135 Å². The van der Waals surface area contributed by atoms with Crippen LogP contribution in [0.5, 0.6) is 0 Å². The number of Topliss-reactive ketones (excluding diaryl/α,β-unsaturated/α-hetero) is 1. The quantitative estimate of drug-likeness (QED) is 0.617. The van der Waals surface area contributed by atoms with Gasteiger partial charge in [-0.15, -0.1) is 0 Å². The molecule has 2 nitrogen and oxygen atoms in total. The lowest BCUT2D eigenvalue weighted by atomic mass is 10.1. The van der Waals surface area contributed by atoms with Gasteiger partial charge in [0.1, 0.15) is 5.82 Å². The lowest BCUT2D eigenvalue weighted by Gasteiger charge is -2.12. The van der Waals surface area contributed by atoms with E-state index >= 15 is 0 Å². The van der Waals surface area contributed by atoms with Crippen LogP contribution in [-0.4, -0.2) is 12.3 Å². The van der Waals surface area contributed by atoms with E-state index in [9.17, 15) is 22.4 Å². The summed E-state index contributed by atoms with van der Waals surface area (Å²) in [5.74, 6) is -0.950. The van der Waals surface area contributed by atoms with Gasteiger partial charge < -0.3 is 5.32 Å². The number of carbonyl (C=O) groups is 1. The van der Waals surface area contributed by atoms with Crippen LogP contribution in [0.4, 0.5) is 23.2 Å². The lowest BCUT2D eigenvalue weighted by molar-refractivity contribution is -0.137. The van der Waals surface area contributed by atoms with Crippen molar-refractivity contribution in [3.8, 4) is 0 Å². The second-order valence-corrected chi connectivity index (χ2v) is 5.34. The molecule has 0 saturated heterocycles. The van der Waals surface area contributed by atoms with Gasteiger partial charge >= 0.3 is 6.18 Å². The average molecular weight is 346 g/mol. The second kappa shape index (κ2) is 6.58. The van der Waals surface area contributed by atoms with E-state index in [1.165, 1.54) is 18.2 Å². The van der Waals surface area contributed by atoms with Crippen LogP contribution in [0.15, 0.2) is 36.4 Å². The van der Waals surface area contributed by atoms with Gasteiger partial charge in [-0.25, -0.2) is 4.39 Å². The van der Waals surface area contributed by atoms with Gasteiger partial charge in [-0.2, -0.15) is 13.2 Å². The zero-order valence-corrected chi connectivity index (χ0v) is 12.7. The molecule has 0 fully saturated rings. The van der Waals surface area contributed by atoms with E-state index < -0.39 is 28.4 Å². The molecule has 0 radical (unpaired) electrons. The number of benzene rings is 2. The molecule has 0 aromatic heterocycles. The third-order valence-electron chi connectivity index (χ3n) is 3.22. The molecular formula is C16H12ClF4NO. The highest BCUT2D eigenvalue weighted by molar-refractivity contribution is 6.31. The van der Waals surface area contributed by atoms with Crippen molar-refractivity contribution in [1.29, 1.82) is 0 Å². The molecule has 23 heavy (non-hydrogen) atoms. The lowest BCUT2D eigenvalue weighted by Crippen LogP contribution is -2.15. The fourth-order valence-corrected chi connectivity index (χ4v) is 2.13. The highest BCUT2D eigenvalue weighted by Gasteiger charge is 2.33. The first-order valence-corrected chi connectivity index (χ1v) is 6.96. The van der Waals surface area contributed by atoms with E-state index in [0.717, 1.165) is 18.2 Å². The van der Waals surface area contributed by atoms with Crippen molar-refractivity contribution in [3.63, 3.8) is 0 Å². The summed E-state index contributed by atoms with van der Waals surface area (Å²) in [5, 5.41) is 2.16. The smallest absolute Gasteiger partial charge is 0.378 e. The van der Waals surface area contributed by atoms with Gasteiger partial charge in [-0.1, -0.05) is 23.7 Å². The number of aryl methyl sites for hydroxylation is 1. The Bertz CT molecular complexity index is 743. The van der Waals surface area contributed by atoms with Crippen LogP contribution in [0.3, 0.4) is 0 Å². The summed E-state index contributed by atoms with van der Waals surface area (Å²) in [6, 6.07) is 7.29. The van der Waals surface area contributed by atoms with Gasteiger partial charge in [0.15, 0.2) is 5.78 Å². The summed E-state index contributed by atoms with van der Waals surface area (Å²) in [6.45, 7) is 1.30. The molecule has 2 aromatic rings. The molecule has 0 spiro atoms. The topological polar surface area (TPSA) is 29.1 Å². The van der Waals surface area contributed by atoms with Crippen molar-refractivity contribution >= 4 is 23.1 Å². The van der Waals surface area contributed by atoms with Crippen LogP contribution < -0.4 is 5.32 Å². The Hall–Kier alpha value is -2.08. The number of anilines is 1. The average Bonchev–Trinajstić information content (AvgIpc) is 2.47. The molecule has 0 aliphatic carbocycles. The fraction of sp³-hybridized carbons (Fsp3) is 0.188. The van der Waals surface area contributed by atoms with Gasteiger partial charge in [0, 0.05) is 11.3 Å². The predicted molar refractivity (Wildman–Crippen MR) is 80.4 cm³/mol. The fourth-order valence-electron chi connectivity index (χ4n) is 1.90. The molecule has 0 aliphatic heterocycles. The minimum Gasteiger partial charge on any atom is -0.378 e. The first kappa shape index (κ1) is 17.3. The highest BCUT2D eigenvalue weighted by Crippen LogP contribution is 2.36. The number of halogens is 5. The number of ketones is 1. The first-order chi connectivity index (χ1) is 10.7. The predicted octanol–water partition coefficient (Wildman–Crippen LogP) is 5.10. The van der Waals surface area contributed by atoms with E-state index in [2.05, 4.69) is 5.32 Å². The van der Waals surface area contributed by atoms with Crippen molar-refractivity contribution in [2.45, 2.75) is 13.1 Å². The summed E-state index contributed by atoms with van der Waals surface area (Å²) in [4.78, 5) is 12.0. The van der Waals surface area contributed by atoms with Gasteiger partial charge in [0.2, 0.25) is 0 Å². The Morgan fingerprint density at radius 2 is 1.87 bits per heavy atom. The standard InChI is InChI=1S/C16H12ClF4NO/c1-9-2-3-10(6-14(9)18)15(23)8-22-11-4-5-13(17)12(7-11)16(19,20)21/h2-7,22H,8H2,1H3. The molecule has 0 unspecified atom stereocenters. The van der Waals surface area contributed by atoms with Crippen LogP contribution in [0, 0.1) is 12.7 Å². The molecule has 0 saturated carbocycles. The van der Waals surface area contributed by atoms with Crippen molar-refractivity contribution in [2.24, 2.45) is 0 Å². The highest BCUT2D eigenvalue weighted by atomic mass is 35.5. The second-order valence-electron chi connectivity index (χ2n) is 4.93. The molecule has 0 bridgehead atoms. The molecule has 1 N–H and O–H groups in total. The monoisotopic (exact) mass is 345 g/mol.